The summed E-state index contributed by atoms with van der Waals surface area (Å²) in [7, 11) is 1.59. The molecule has 0 bridgehead atoms. The average molecular weight is 523 g/mol. The highest BCUT2D eigenvalue weighted by molar-refractivity contribution is 7.10. The molecule has 0 radical (unpaired) electrons. The Bertz CT molecular complexity index is 1220. The molecule has 2 aromatic carbocycles. The SMILES string of the molecule is CC[C@@H](C)CN(CC(=O)N(Cc1ccc2c(c1)OCO2)Cc1sccc1C)C(=O)c1ccc(OC)cc1. The zero-order valence-electron chi connectivity index (χ0n) is 21.9. The van der Waals surface area contributed by atoms with Crippen LogP contribution in [0.4, 0.5) is 0 Å². The molecule has 3 aromatic rings. The quantitative estimate of drug-likeness (QED) is 0.332. The molecule has 0 aliphatic carbocycles. The minimum atomic E-state index is -0.161. The largest absolute Gasteiger partial charge is 0.497 e. The average Bonchev–Trinajstić information content (AvgIpc) is 3.55. The number of methoxy groups -OCH3 is 1. The Morgan fingerprint density at radius 1 is 1.03 bits per heavy atom. The van der Waals surface area contributed by atoms with Crippen molar-refractivity contribution in [2.24, 2.45) is 5.92 Å². The van der Waals surface area contributed by atoms with E-state index < -0.39 is 0 Å². The van der Waals surface area contributed by atoms with E-state index in [9.17, 15) is 9.59 Å². The number of hydrogen-bond donors (Lipinski definition) is 0. The van der Waals surface area contributed by atoms with E-state index in [0.717, 1.165) is 22.4 Å². The second-order valence-corrected chi connectivity index (χ2v) is 10.4. The number of hydrogen-bond acceptors (Lipinski definition) is 6. The summed E-state index contributed by atoms with van der Waals surface area (Å²) in [6, 6.07) is 14.8. The van der Waals surface area contributed by atoms with E-state index in [2.05, 4.69) is 26.8 Å². The predicted molar refractivity (Wildman–Crippen MR) is 144 cm³/mol. The van der Waals surface area contributed by atoms with Crippen molar-refractivity contribution >= 4 is 23.2 Å². The molecular weight excluding hydrogens is 488 g/mol. The number of ether oxygens (including phenoxy) is 3. The van der Waals surface area contributed by atoms with Gasteiger partial charge in [-0.25, -0.2) is 0 Å². The molecule has 1 aliphatic heterocycles. The number of aryl methyl sites for hydroxylation is 1. The standard InChI is InChI=1S/C29H34N2O5S/c1-5-20(2)15-31(29(33)23-7-9-24(34-4)10-8-23)18-28(32)30(17-27-21(3)12-13-37-27)16-22-6-11-25-26(14-22)36-19-35-25/h6-14,20H,5,15-19H2,1-4H3/t20-/m1/s1. The van der Waals surface area contributed by atoms with Gasteiger partial charge in [-0.05, 0) is 71.8 Å². The zero-order chi connectivity index (χ0) is 26.4. The van der Waals surface area contributed by atoms with Crippen molar-refractivity contribution in [1.82, 2.24) is 9.80 Å². The van der Waals surface area contributed by atoms with Crippen LogP contribution in [-0.2, 0) is 17.9 Å². The van der Waals surface area contributed by atoms with Crippen LogP contribution in [0, 0.1) is 12.8 Å². The molecule has 0 saturated carbocycles. The molecule has 1 aliphatic rings. The maximum Gasteiger partial charge on any atom is 0.254 e. The van der Waals surface area contributed by atoms with Crippen LogP contribution in [0.5, 0.6) is 17.2 Å². The molecule has 8 heteroatoms. The third-order valence-corrected chi connectivity index (χ3v) is 7.65. The Kier molecular flexibility index (Phi) is 8.71. The van der Waals surface area contributed by atoms with Crippen LogP contribution in [0.3, 0.4) is 0 Å². The van der Waals surface area contributed by atoms with Gasteiger partial charge in [0.1, 0.15) is 12.3 Å². The monoisotopic (exact) mass is 522 g/mol. The molecule has 0 spiro atoms. The topological polar surface area (TPSA) is 68.3 Å². The van der Waals surface area contributed by atoms with Crippen LogP contribution in [0.1, 0.15) is 46.6 Å². The second-order valence-electron chi connectivity index (χ2n) is 9.39. The van der Waals surface area contributed by atoms with Gasteiger partial charge in [0.25, 0.3) is 5.91 Å². The first-order valence-corrected chi connectivity index (χ1v) is 13.4. The minimum absolute atomic E-state index is 0.00414. The summed E-state index contributed by atoms with van der Waals surface area (Å²) in [5.41, 5.74) is 2.63. The molecule has 2 heterocycles. The molecule has 37 heavy (non-hydrogen) atoms. The summed E-state index contributed by atoms with van der Waals surface area (Å²) in [4.78, 5) is 31.9. The zero-order valence-corrected chi connectivity index (χ0v) is 22.7. The molecule has 7 nitrogen and oxygen atoms in total. The Hall–Kier alpha value is -3.52. The first kappa shape index (κ1) is 26.5. The molecule has 0 fully saturated rings. The summed E-state index contributed by atoms with van der Waals surface area (Å²) in [5, 5.41) is 2.04. The Morgan fingerprint density at radius 2 is 1.78 bits per heavy atom. The molecule has 1 atom stereocenters. The number of benzene rings is 2. The third kappa shape index (κ3) is 6.63. The Balaban J connectivity index is 1.57. The van der Waals surface area contributed by atoms with E-state index in [1.807, 2.05) is 28.5 Å². The lowest BCUT2D eigenvalue weighted by Crippen LogP contribution is -2.44. The molecule has 1 aromatic heterocycles. The van der Waals surface area contributed by atoms with Gasteiger partial charge in [0, 0.05) is 23.5 Å². The van der Waals surface area contributed by atoms with Crippen LogP contribution >= 0.6 is 11.3 Å². The van der Waals surface area contributed by atoms with Crippen molar-refractivity contribution in [3.63, 3.8) is 0 Å². The molecule has 2 amide bonds. The number of fused-ring (bicyclic) bond motifs is 1. The number of amides is 2. The van der Waals surface area contributed by atoms with Crippen LogP contribution in [0.25, 0.3) is 0 Å². The molecular formula is C29H34N2O5S. The lowest BCUT2D eigenvalue weighted by molar-refractivity contribution is -0.133. The van der Waals surface area contributed by atoms with Crippen LogP contribution in [0.2, 0.25) is 0 Å². The van der Waals surface area contributed by atoms with Crippen molar-refractivity contribution in [2.45, 2.75) is 40.3 Å². The van der Waals surface area contributed by atoms with Gasteiger partial charge >= 0.3 is 0 Å². The molecule has 196 valence electrons. The summed E-state index contributed by atoms with van der Waals surface area (Å²) < 4.78 is 16.2. The fourth-order valence-electron chi connectivity index (χ4n) is 4.14. The van der Waals surface area contributed by atoms with E-state index in [0.29, 0.717) is 42.4 Å². The lowest BCUT2D eigenvalue weighted by Gasteiger charge is -2.29. The fourth-order valence-corrected chi connectivity index (χ4v) is 5.06. The van der Waals surface area contributed by atoms with E-state index in [4.69, 9.17) is 14.2 Å². The van der Waals surface area contributed by atoms with Crippen LogP contribution < -0.4 is 14.2 Å². The number of carbonyl (C=O) groups is 2. The van der Waals surface area contributed by atoms with E-state index in [1.54, 1.807) is 47.6 Å². The molecule has 0 unspecified atom stereocenters. The predicted octanol–water partition coefficient (Wildman–Crippen LogP) is 5.51. The van der Waals surface area contributed by atoms with Crippen molar-refractivity contribution in [1.29, 1.82) is 0 Å². The number of thiophene rings is 1. The maximum atomic E-state index is 13.8. The highest BCUT2D eigenvalue weighted by atomic mass is 32.1. The van der Waals surface area contributed by atoms with Gasteiger partial charge in [0.2, 0.25) is 12.7 Å². The van der Waals surface area contributed by atoms with Crippen molar-refractivity contribution < 1.29 is 23.8 Å². The Labute approximate surface area is 222 Å². The van der Waals surface area contributed by atoms with Crippen molar-refractivity contribution in [3.05, 3.63) is 75.5 Å². The Morgan fingerprint density at radius 3 is 2.46 bits per heavy atom. The third-order valence-electron chi connectivity index (χ3n) is 6.65. The second kappa shape index (κ2) is 12.1. The van der Waals surface area contributed by atoms with Crippen LogP contribution in [0.15, 0.2) is 53.9 Å². The van der Waals surface area contributed by atoms with Gasteiger partial charge in [-0.1, -0.05) is 26.3 Å². The van der Waals surface area contributed by atoms with Gasteiger partial charge < -0.3 is 24.0 Å². The lowest BCUT2D eigenvalue weighted by atomic mass is 10.1. The number of nitrogens with zero attached hydrogens (tertiary/aromatic N) is 2. The first-order chi connectivity index (χ1) is 17.9. The summed E-state index contributed by atoms with van der Waals surface area (Å²) in [6.07, 6.45) is 0.913. The fraction of sp³-hybridized carbons (Fsp3) is 0.379. The first-order valence-electron chi connectivity index (χ1n) is 12.5. The van der Waals surface area contributed by atoms with Gasteiger partial charge in [-0.2, -0.15) is 0 Å². The van der Waals surface area contributed by atoms with Crippen LogP contribution in [-0.4, -0.2) is 48.6 Å². The summed E-state index contributed by atoms with van der Waals surface area (Å²) >= 11 is 1.63. The minimum Gasteiger partial charge on any atom is -0.497 e. The smallest absolute Gasteiger partial charge is 0.254 e. The normalized spacial score (nSPS) is 12.8. The van der Waals surface area contributed by atoms with Gasteiger partial charge in [0.15, 0.2) is 11.5 Å². The molecule has 0 N–H and O–H groups in total. The highest BCUT2D eigenvalue weighted by Gasteiger charge is 2.25. The van der Waals surface area contributed by atoms with Gasteiger partial charge in [-0.15, -0.1) is 11.3 Å². The van der Waals surface area contributed by atoms with E-state index >= 15 is 0 Å². The number of rotatable bonds is 11. The maximum absolute atomic E-state index is 13.8. The van der Waals surface area contributed by atoms with E-state index in [-0.39, 0.29) is 31.1 Å². The summed E-state index contributed by atoms with van der Waals surface area (Å²) in [6.45, 7) is 7.83. The van der Waals surface area contributed by atoms with E-state index in [1.165, 1.54) is 0 Å². The summed E-state index contributed by atoms with van der Waals surface area (Å²) in [5.74, 6) is 2.08. The molecule has 0 saturated heterocycles. The molecule has 4 rings (SSSR count). The number of carbonyl (C=O) groups excluding carboxylic acids is 2. The van der Waals surface area contributed by atoms with Gasteiger partial charge in [0.05, 0.1) is 13.7 Å². The highest BCUT2D eigenvalue weighted by Crippen LogP contribution is 2.33. The van der Waals surface area contributed by atoms with Gasteiger partial charge in [-0.3, -0.25) is 9.59 Å². The van der Waals surface area contributed by atoms with Crippen molar-refractivity contribution in [3.8, 4) is 17.2 Å². The van der Waals surface area contributed by atoms with Crippen molar-refractivity contribution in [2.75, 3.05) is 27.0 Å².